The number of carbonyl (C=O) groups is 1. The van der Waals surface area contributed by atoms with Crippen LogP contribution >= 0.6 is 27.5 Å². The first-order valence-electron chi connectivity index (χ1n) is 6.40. The fraction of sp³-hybridized carbons (Fsp3) is 0.188. The van der Waals surface area contributed by atoms with E-state index in [1.165, 1.54) is 0 Å². The van der Waals surface area contributed by atoms with Gasteiger partial charge < -0.3 is 10.0 Å². The van der Waals surface area contributed by atoms with Crippen molar-refractivity contribution in [1.29, 1.82) is 0 Å². The van der Waals surface area contributed by atoms with Gasteiger partial charge in [-0.25, -0.2) is 4.79 Å². The number of hydrogen-bond acceptors (Lipinski definition) is 2. The van der Waals surface area contributed by atoms with Crippen molar-refractivity contribution in [3.63, 3.8) is 0 Å². The van der Waals surface area contributed by atoms with E-state index in [2.05, 4.69) is 22.9 Å². The van der Waals surface area contributed by atoms with Crippen LogP contribution in [0, 0.1) is 0 Å². The van der Waals surface area contributed by atoms with Gasteiger partial charge in [0.1, 0.15) is 0 Å². The summed E-state index contributed by atoms with van der Waals surface area (Å²) in [5.74, 6) is -0.940. The standard InChI is InChI=1S/C16H15BrClNO2/c1-10(11-3-5-14(18)6-4-11)19(2)15-8-12(16(20)21)7-13(17)9-15/h3-10H,1-2H3,(H,20,21). The molecule has 1 N–H and O–H groups in total. The van der Waals surface area contributed by atoms with Crippen molar-refractivity contribution in [2.24, 2.45) is 0 Å². The number of hydrogen-bond donors (Lipinski definition) is 1. The van der Waals surface area contributed by atoms with Crippen LogP contribution in [0.1, 0.15) is 28.9 Å². The first-order valence-corrected chi connectivity index (χ1v) is 7.58. The highest BCUT2D eigenvalue weighted by molar-refractivity contribution is 9.10. The minimum atomic E-state index is -0.940. The van der Waals surface area contributed by atoms with Gasteiger partial charge in [-0.1, -0.05) is 39.7 Å². The second-order valence-corrected chi connectivity index (χ2v) is 6.19. The topological polar surface area (TPSA) is 40.5 Å². The van der Waals surface area contributed by atoms with Crippen LogP contribution in [0.5, 0.6) is 0 Å². The maximum absolute atomic E-state index is 11.2. The van der Waals surface area contributed by atoms with Crippen molar-refractivity contribution in [3.8, 4) is 0 Å². The lowest BCUT2D eigenvalue weighted by atomic mass is 10.1. The van der Waals surface area contributed by atoms with Crippen LogP contribution in [0.2, 0.25) is 5.02 Å². The molecule has 0 saturated carbocycles. The van der Waals surface area contributed by atoms with Gasteiger partial charge in [-0.05, 0) is 42.8 Å². The van der Waals surface area contributed by atoms with Crippen LogP contribution in [0.3, 0.4) is 0 Å². The quantitative estimate of drug-likeness (QED) is 0.825. The molecule has 1 unspecified atom stereocenters. The molecule has 0 aliphatic heterocycles. The molecular formula is C16H15BrClNO2. The average molecular weight is 369 g/mol. The number of benzene rings is 2. The Morgan fingerprint density at radius 3 is 2.43 bits per heavy atom. The number of halogens is 2. The zero-order valence-electron chi connectivity index (χ0n) is 11.7. The largest absolute Gasteiger partial charge is 0.478 e. The van der Waals surface area contributed by atoms with Gasteiger partial charge in [0.05, 0.1) is 11.6 Å². The molecule has 0 aliphatic carbocycles. The Kier molecular flexibility index (Phi) is 4.91. The second-order valence-electron chi connectivity index (χ2n) is 4.84. The minimum absolute atomic E-state index is 0.0956. The van der Waals surface area contributed by atoms with Gasteiger partial charge in [-0.2, -0.15) is 0 Å². The smallest absolute Gasteiger partial charge is 0.335 e. The van der Waals surface area contributed by atoms with Crippen molar-refractivity contribution < 1.29 is 9.90 Å². The molecule has 0 saturated heterocycles. The predicted molar refractivity (Wildman–Crippen MR) is 89.4 cm³/mol. The van der Waals surface area contributed by atoms with Crippen LogP contribution in [0.25, 0.3) is 0 Å². The molecule has 2 aromatic carbocycles. The summed E-state index contributed by atoms with van der Waals surface area (Å²) in [5, 5.41) is 9.85. The molecule has 2 aromatic rings. The maximum Gasteiger partial charge on any atom is 0.335 e. The lowest BCUT2D eigenvalue weighted by molar-refractivity contribution is 0.0697. The van der Waals surface area contributed by atoms with Crippen molar-refractivity contribution in [2.75, 3.05) is 11.9 Å². The van der Waals surface area contributed by atoms with Gasteiger partial charge in [0.25, 0.3) is 0 Å². The molecule has 2 rings (SSSR count). The van der Waals surface area contributed by atoms with Crippen LogP contribution < -0.4 is 4.90 Å². The fourth-order valence-electron chi connectivity index (χ4n) is 2.09. The summed E-state index contributed by atoms with van der Waals surface area (Å²) in [5.41, 5.74) is 2.21. The van der Waals surface area contributed by atoms with E-state index in [0.29, 0.717) is 5.02 Å². The van der Waals surface area contributed by atoms with Crippen molar-refractivity contribution >= 4 is 39.2 Å². The molecule has 0 aromatic heterocycles. The first-order chi connectivity index (χ1) is 9.88. The Bertz CT molecular complexity index is 658. The Morgan fingerprint density at radius 1 is 1.24 bits per heavy atom. The summed E-state index contributed by atoms with van der Waals surface area (Å²) >= 11 is 9.26. The monoisotopic (exact) mass is 367 g/mol. The van der Waals surface area contributed by atoms with Crippen LogP contribution in [0.4, 0.5) is 5.69 Å². The molecule has 3 nitrogen and oxygen atoms in total. The van der Waals surface area contributed by atoms with E-state index in [-0.39, 0.29) is 11.6 Å². The average Bonchev–Trinajstić information content (AvgIpc) is 2.45. The predicted octanol–water partition coefficient (Wildman–Crippen LogP) is 5.00. The number of carboxylic acid groups (broad SMARTS) is 1. The third kappa shape index (κ3) is 3.77. The number of carboxylic acids is 1. The molecule has 0 heterocycles. The Balaban J connectivity index is 2.32. The molecule has 5 heteroatoms. The summed E-state index contributed by atoms with van der Waals surface area (Å²) in [6.07, 6.45) is 0. The molecule has 0 bridgehead atoms. The van der Waals surface area contributed by atoms with Gasteiger partial charge in [0.15, 0.2) is 0 Å². The fourth-order valence-corrected chi connectivity index (χ4v) is 2.70. The van der Waals surface area contributed by atoms with Crippen LogP contribution in [0.15, 0.2) is 46.9 Å². The third-order valence-corrected chi connectivity index (χ3v) is 4.18. The molecule has 21 heavy (non-hydrogen) atoms. The zero-order chi connectivity index (χ0) is 15.6. The van der Waals surface area contributed by atoms with Crippen LogP contribution in [-0.2, 0) is 0 Å². The van der Waals surface area contributed by atoms with Crippen molar-refractivity contribution in [2.45, 2.75) is 13.0 Å². The Labute approximate surface area is 137 Å². The second kappa shape index (κ2) is 6.50. The molecule has 0 amide bonds. The van der Waals surface area contributed by atoms with E-state index in [1.54, 1.807) is 12.1 Å². The van der Waals surface area contributed by atoms with Crippen molar-refractivity contribution in [3.05, 3.63) is 63.1 Å². The third-order valence-electron chi connectivity index (χ3n) is 3.47. The molecule has 0 spiro atoms. The minimum Gasteiger partial charge on any atom is -0.478 e. The van der Waals surface area contributed by atoms with E-state index in [4.69, 9.17) is 16.7 Å². The van der Waals surface area contributed by atoms with Gasteiger partial charge in [0.2, 0.25) is 0 Å². The summed E-state index contributed by atoms with van der Waals surface area (Å²) in [6, 6.07) is 12.9. The molecule has 1 atom stereocenters. The molecule has 0 aliphatic rings. The number of rotatable bonds is 4. The highest BCUT2D eigenvalue weighted by atomic mass is 79.9. The van der Waals surface area contributed by atoms with Crippen molar-refractivity contribution in [1.82, 2.24) is 0 Å². The van der Waals surface area contributed by atoms with Gasteiger partial charge in [0, 0.05) is 22.2 Å². The van der Waals surface area contributed by atoms with E-state index < -0.39 is 5.97 Å². The summed E-state index contributed by atoms with van der Waals surface area (Å²) in [6.45, 7) is 2.06. The SMILES string of the molecule is CC(c1ccc(Cl)cc1)N(C)c1cc(Br)cc(C(=O)O)c1. The number of anilines is 1. The van der Waals surface area contributed by atoms with Gasteiger partial charge in [-0.15, -0.1) is 0 Å². The zero-order valence-corrected chi connectivity index (χ0v) is 14.0. The first kappa shape index (κ1) is 15.9. The van der Waals surface area contributed by atoms with E-state index in [1.807, 2.05) is 42.3 Å². The number of nitrogens with zero attached hydrogens (tertiary/aromatic N) is 1. The molecule has 0 radical (unpaired) electrons. The van der Waals surface area contributed by atoms with E-state index in [9.17, 15) is 4.79 Å². The number of aromatic carboxylic acids is 1. The highest BCUT2D eigenvalue weighted by Gasteiger charge is 2.15. The Hall–Kier alpha value is -1.52. The van der Waals surface area contributed by atoms with Gasteiger partial charge in [-0.3, -0.25) is 0 Å². The van der Waals surface area contributed by atoms with E-state index in [0.717, 1.165) is 15.7 Å². The molecule has 0 fully saturated rings. The normalized spacial score (nSPS) is 12.0. The van der Waals surface area contributed by atoms with Crippen LogP contribution in [-0.4, -0.2) is 18.1 Å². The summed E-state index contributed by atoms with van der Waals surface area (Å²) < 4.78 is 0.743. The molecular weight excluding hydrogens is 354 g/mol. The highest BCUT2D eigenvalue weighted by Crippen LogP contribution is 2.29. The summed E-state index contributed by atoms with van der Waals surface area (Å²) in [4.78, 5) is 13.2. The van der Waals surface area contributed by atoms with Gasteiger partial charge >= 0.3 is 5.97 Å². The lowest BCUT2D eigenvalue weighted by Gasteiger charge is -2.28. The maximum atomic E-state index is 11.2. The Morgan fingerprint density at radius 2 is 1.86 bits per heavy atom. The lowest BCUT2D eigenvalue weighted by Crippen LogP contribution is -2.21. The molecule has 110 valence electrons. The summed E-state index contributed by atoms with van der Waals surface area (Å²) in [7, 11) is 1.94. The van der Waals surface area contributed by atoms with E-state index >= 15 is 0 Å².